The van der Waals surface area contributed by atoms with Crippen LogP contribution in [0.3, 0.4) is 0 Å². The number of nitrogens with one attached hydrogen (secondary N) is 1. The van der Waals surface area contributed by atoms with Gasteiger partial charge in [-0.05, 0) is 42.8 Å². The van der Waals surface area contributed by atoms with Crippen LogP contribution in [0.5, 0.6) is 5.75 Å². The fourth-order valence-electron chi connectivity index (χ4n) is 3.08. The highest BCUT2D eigenvalue weighted by Gasteiger charge is 2.13. The summed E-state index contributed by atoms with van der Waals surface area (Å²) in [4.78, 5) is 20.4. The molecule has 7 heteroatoms. The maximum atomic E-state index is 11.3. The molecule has 0 radical (unpaired) electrons. The van der Waals surface area contributed by atoms with Crippen molar-refractivity contribution in [2.75, 3.05) is 12.4 Å². The molecule has 0 atom stereocenters. The van der Waals surface area contributed by atoms with Crippen LogP contribution in [-0.4, -0.2) is 32.6 Å². The second-order valence-electron chi connectivity index (χ2n) is 6.20. The van der Waals surface area contributed by atoms with Crippen LogP contribution < -0.4 is 10.1 Å². The zero-order valence-corrected chi connectivity index (χ0v) is 14.9. The Morgan fingerprint density at radius 2 is 1.96 bits per heavy atom. The van der Waals surface area contributed by atoms with Crippen molar-refractivity contribution in [1.29, 1.82) is 0 Å². The van der Waals surface area contributed by atoms with Gasteiger partial charge in [0.15, 0.2) is 5.82 Å². The van der Waals surface area contributed by atoms with Crippen molar-refractivity contribution in [3.8, 4) is 5.75 Å². The number of aromatic nitrogens is 3. The third kappa shape index (κ3) is 3.03. The summed E-state index contributed by atoms with van der Waals surface area (Å²) in [5, 5.41) is 12.6. The molecule has 0 bridgehead atoms. The van der Waals surface area contributed by atoms with Crippen LogP contribution >= 0.6 is 0 Å². The fraction of sp³-hybridized carbons (Fsp3) is 0.150. The molecular formula is C20H18N4O3. The van der Waals surface area contributed by atoms with Crippen molar-refractivity contribution in [3.63, 3.8) is 0 Å². The minimum absolute atomic E-state index is 0.220. The molecule has 136 valence electrons. The summed E-state index contributed by atoms with van der Waals surface area (Å²) in [5.41, 5.74) is 3.53. The van der Waals surface area contributed by atoms with Gasteiger partial charge in [-0.25, -0.2) is 14.8 Å². The Kier molecular flexibility index (Phi) is 4.12. The maximum Gasteiger partial charge on any atom is 0.335 e. The number of carboxylic acid groups (broad SMARTS) is 1. The number of imidazole rings is 1. The molecule has 0 saturated heterocycles. The Bertz CT molecular complexity index is 1150. The summed E-state index contributed by atoms with van der Waals surface area (Å²) in [6.45, 7) is 2.47. The Morgan fingerprint density at radius 3 is 2.67 bits per heavy atom. The van der Waals surface area contributed by atoms with Crippen molar-refractivity contribution in [2.24, 2.45) is 0 Å². The highest BCUT2D eigenvalue weighted by atomic mass is 16.5. The number of nitrogens with zero attached hydrogens (tertiary/aromatic N) is 3. The minimum atomic E-state index is -0.968. The predicted octanol–water partition coefficient (Wildman–Crippen LogP) is 3.51. The van der Waals surface area contributed by atoms with E-state index in [1.165, 1.54) is 0 Å². The Morgan fingerprint density at radius 1 is 1.19 bits per heavy atom. The van der Waals surface area contributed by atoms with Gasteiger partial charge in [-0.3, -0.25) is 4.40 Å². The number of aryl methyl sites for hydroxylation is 1. The van der Waals surface area contributed by atoms with Gasteiger partial charge in [0.05, 0.1) is 29.9 Å². The standard InChI is InChI=1S/C20H18N4O3/c1-12-21-11-18-19(22-10-13-3-6-15(27-2)7-4-13)23-16-8-5-14(20(25)26)9-17(16)24(12)18/h3-9,11H,10H2,1-2H3,(H,22,23)(H,25,26). The number of anilines is 1. The van der Waals surface area contributed by atoms with Gasteiger partial charge in [0.2, 0.25) is 0 Å². The number of aromatic carboxylic acids is 1. The van der Waals surface area contributed by atoms with Gasteiger partial charge < -0.3 is 15.2 Å². The number of benzene rings is 2. The van der Waals surface area contributed by atoms with Gasteiger partial charge in [0, 0.05) is 6.54 Å². The van der Waals surface area contributed by atoms with Gasteiger partial charge in [-0.2, -0.15) is 0 Å². The van der Waals surface area contributed by atoms with Gasteiger partial charge in [-0.15, -0.1) is 0 Å². The number of fused-ring (bicyclic) bond motifs is 3. The number of carbonyl (C=O) groups is 1. The van der Waals surface area contributed by atoms with Crippen molar-refractivity contribution >= 4 is 28.3 Å². The van der Waals surface area contributed by atoms with Crippen LogP contribution in [0.25, 0.3) is 16.6 Å². The normalized spacial score (nSPS) is 11.0. The molecule has 2 aromatic carbocycles. The topological polar surface area (TPSA) is 88.8 Å². The monoisotopic (exact) mass is 362 g/mol. The number of hydrogen-bond acceptors (Lipinski definition) is 5. The van der Waals surface area contributed by atoms with E-state index in [-0.39, 0.29) is 5.56 Å². The van der Waals surface area contributed by atoms with Crippen molar-refractivity contribution < 1.29 is 14.6 Å². The van der Waals surface area contributed by atoms with Crippen LogP contribution in [0.1, 0.15) is 21.7 Å². The van der Waals surface area contributed by atoms with Gasteiger partial charge in [-0.1, -0.05) is 12.1 Å². The molecule has 0 fully saturated rings. The summed E-state index contributed by atoms with van der Waals surface area (Å²) in [6.07, 6.45) is 1.74. The van der Waals surface area contributed by atoms with E-state index in [0.29, 0.717) is 17.9 Å². The molecule has 4 rings (SSSR count). The lowest BCUT2D eigenvalue weighted by Gasteiger charge is -2.12. The van der Waals surface area contributed by atoms with E-state index < -0.39 is 5.97 Å². The predicted molar refractivity (Wildman–Crippen MR) is 103 cm³/mol. The summed E-state index contributed by atoms with van der Waals surface area (Å²) in [7, 11) is 1.64. The SMILES string of the molecule is COc1ccc(CNc2nc3ccc(C(=O)O)cc3n3c(C)ncc23)cc1. The fourth-order valence-corrected chi connectivity index (χ4v) is 3.08. The second-order valence-corrected chi connectivity index (χ2v) is 6.20. The summed E-state index contributed by atoms with van der Waals surface area (Å²) >= 11 is 0. The number of methoxy groups -OCH3 is 1. The van der Waals surface area contributed by atoms with E-state index in [0.717, 1.165) is 28.2 Å². The Hall–Kier alpha value is -3.61. The van der Waals surface area contributed by atoms with E-state index >= 15 is 0 Å². The van der Waals surface area contributed by atoms with E-state index in [1.807, 2.05) is 35.6 Å². The Balaban J connectivity index is 1.75. The number of rotatable bonds is 5. The minimum Gasteiger partial charge on any atom is -0.497 e. The molecule has 0 aliphatic rings. The molecule has 2 aromatic heterocycles. The second kappa shape index (κ2) is 6.60. The van der Waals surface area contributed by atoms with Gasteiger partial charge in [0.25, 0.3) is 0 Å². The van der Waals surface area contributed by atoms with Gasteiger partial charge >= 0.3 is 5.97 Å². The molecule has 0 saturated carbocycles. The number of ether oxygens (including phenoxy) is 1. The average molecular weight is 362 g/mol. The highest BCUT2D eigenvalue weighted by molar-refractivity contribution is 5.94. The quantitative estimate of drug-likeness (QED) is 0.565. The molecular weight excluding hydrogens is 344 g/mol. The first-order valence-electron chi connectivity index (χ1n) is 8.45. The molecule has 4 aromatic rings. The summed E-state index contributed by atoms with van der Waals surface area (Å²) in [5.74, 6) is 1.31. The third-order valence-electron chi connectivity index (χ3n) is 4.50. The first-order chi connectivity index (χ1) is 13.1. The lowest BCUT2D eigenvalue weighted by Crippen LogP contribution is -2.06. The smallest absolute Gasteiger partial charge is 0.335 e. The molecule has 0 aliphatic carbocycles. The largest absolute Gasteiger partial charge is 0.497 e. The van der Waals surface area contributed by atoms with E-state index in [9.17, 15) is 9.90 Å². The van der Waals surface area contributed by atoms with E-state index in [1.54, 1.807) is 31.5 Å². The molecule has 2 N–H and O–H groups in total. The lowest BCUT2D eigenvalue weighted by atomic mass is 10.2. The maximum absolute atomic E-state index is 11.3. The van der Waals surface area contributed by atoms with Crippen molar-refractivity contribution in [2.45, 2.75) is 13.5 Å². The first kappa shape index (κ1) is 16.8. The molecule has 0 spiro atoms. The van der Waals surface area contributed by atoms with Crippen molar-refractivity contribution in [3.05, 3.63) is 65.6 Å². The third-order valence-corrected chi connectivity index (χ3v) is 4.50. The van der Waals surface area contributed by atoms with Crippen LogP contribution in [0.2, 0.25) is 0 Å². The summed E-state index contributed by atoms with van der Waals surface area (Å²) < 4.78 is 7.10. The van der Waals surface area contributed by atoms with Crippen LogP contribution in [0.4, 0.5) is 5.82 Å². The molecule has 7 nitrogen and oxygen atoms in total. The molecule has 0 aliphatic heterocycles. The number of hydrogen-bond donors (Lipinski definition) is 2. The zero-order chi connectivity index (χ0) is 19.0. The molecule has 0 amide bonds. The molecule has 2 heterocycles. The first-order valence-corrected chi connectivity index (χ1v) is 8.45. The zero-order valence-electron chi connectivity index (χ0n) is 14.9. The molecule has 0 unspecified atom stereocenters. The van der Waals surface area contributed by atoms with Crippen LogP contribution in [0.15, 0.2) is 48.7 Å². The van der Waals surface area contributed by atoms with Crippen molar-refractivity contribution in [1.82, 2.24) is 14.4 Å². The van der Waals surface area contributed by atoms with E-state index in [4.69, 9.17) is 4.74 Å². The van der Waals surface area contributed by atoms with Crippen LogP contribution in [-0.2, 0) is 6.54 Å². The lowest BCUT2D eigenvalue weighted by molar-refractivity contribution is 0.0697. The molecule has 27 heavy (non-hydrogen) atoms. The highest BCUT2D eigenvalue weighted by Crippen LogP contribution is 2.25. The van der Waals surface area contributed by atoms with E-state index in [2.05, 4.69) is 15.3 Å². The average Bonchev–Trinajstić information content (AvgIpc) is 3.08. The van der Waals surface area contributed by atoms with Gasteiger partial charge in [0.1, 0.15) is 17.1 Å². The number of carboxylic acids is 1. The van der Waals surface area contributed by atoms with Crippen LogP contribution in [0, 0.1) is 6.92 Å². The summed E-state index contributed by atoms with van der Waals surface area (Å²) in [6, 6.07) is 12.7. The Labute approximate surface area is 155 Å².